The number of rotatable bonds is 2. The highest BCUT2D eigenvalue weighted by Gasteiger charge is 2.06. The second-order valence-corrected chi connectivity index (χ2v) is 6.50. The fourth-order valence-electron chi connectivity index (χ4n) is 2.18. The quantitative estimate of drug-likeness (QED) is 0.575. The van der Waals surface area contributed by atoms with E-state index in [0.29, 0.717) is 21.7 Å². The van der Waals surface area contributed by atoms with Gasteiger partial charge in [-0.15, -0.1) is 0 Å². The molecule has 5 heteroatoms. The molecule has 0 aliphatic rings. The standard InChI is InChI=1S/C17H12ClIN2O/c1-21-16(9-6-11-4-2-3-5-14(11)18)20-15-8-7-12(19)10-13(15)17(21)22/h2-10H,1H3/b9-6-. The molecule has 0 saturated carbocycles. The van der Waals surface area contributed by atoms with Crippen LogP contribution in [0.25, 0.3) is 23.1 Å². The maximum Gasteiger partial charge on any atom is 0.261 e. The summed E-state index contributed by atoms with van der Waals surface area (Å²) in [5, 5.41) is 1.29. The first-order valence-corrected chi connectivity index (χ1v) is 8.11. The van der Waals surface area contributed by atoms with Gasteiger partial charge in [0.05, 0.1) is 10.9 Å². The third kappa shape index (κ3) is 2.94. The van der Waals surface area contributed by atoms with Gasteiger partial charge in [-0.3, -0.25) is 9.36 Å². The van der Waals surface area contributed by atoms with Crippen molar-refractivity contribution in [3.05, 3.63) is 72.8 Å². The summed E-state index contributed by atoms with van der Waals surface area (Å²) in [6, 6.07) is 13.2. The van der Waals surface area contributed by atoms with Crippen molar-refractivity contribution >= 4 is 57.2 Å². The first-order chi connectivity index (χ1) is 10.6. The van der Waals surface area contributed by atoms with E-state index in [2.05, 4.69) is 27.6 Å². The van der Waals surface area contributed by atoms with Gasteiger partial charge in [0.15, 0.2) is 0 Å². The zero-order valence-corrected chi connectivity index (χ0v) is 14.7. The number of hydrogen-bond acceptors (Lipinski definition) is 2. The molecule has 2 aromatic carbocycles. The third-order valence-corrected chi connectivity index (χ3v) is 4.40. The smallest absolute Gasteiger partial charge is 0.261 e. The van der Waals surface area contributed by atoms with Gasteiger partial charge >= 0.3 is 0 Å². The Bertz CT molecular complexity index is 947. The summed E-state index contributed by atoms with van der Waals surface area (Å²) in [6.45, 7) is 0. The predicted octanol–water partition coefficient (Wildman–Crippen LogP) is 4.36. The van der Waals surface area contributed by atoms with E-state index >= 15 is 0 Å². The number of nitrogens with zero attached hydrogens (tertiary/aromatic N) is 2. The lowest BCUT2D eigenvalue weighted by Crippen LogP contribution is -2.20. The van der Waals surface area contributed by atoms with Crippen LogP contribution in [0.1, 0.15) is 11.4 Å². The molecule has 1 heterocycles. The summed E-state index contributed by atoms with van der Waals surface area (Å²) in [6.07, 6.45) is 3.67. The predicted molar refractivity (Wildman–Crippen MR) is 100 cm³/mol. The van der Waals surface area contributed by atoms with E-state index in [-0.39, 0.29) is 5.56 Å². The monoisotopic (exact) mass is 422 g/mol. The molecule has 0 atom stereocenters. The normalized spacial score (nSPS) is 11.4. The minimum atomic E-state index is -0.0534. The Hall–Kier alpha value is -1.66. The molecule has 3 nitrogen and oxygen atoms in total. The lowest BCUT2D eigenvalue weighted by atomic mass is 10.2. The Kier molecular flexibility index (Phi) is 4.31. The van der Waals surface area contributed by atoms with Gasteiger partial charge in [0.25, 0.3) is 5.56 Å². The van der Waals surface area contributed by atoms with Crippen LogP contribution < -0.4 is 5.56 Å². The molecule has 0 bridgehead atoms. The highest BCUT2D eigenvalue weighted by molar-refractivity contribution is 14.1. The van der Waals surface area contributed by atoms with Crippen LogP contribution in [0.15, 0.2) is 47.3 Å². The molecule has 0 radical (unpaired) electrons. The van der Waals surface area contributed by atoms with Crippen LogP contribution in [0.3, 0.4) is 0 Å². The SMILES string of the molecule is Cn1c(/C=C\c2ccccc2Cl)nc2ccc(I)cc2c1=O. The summed E-state index contributed by atoms with van der Waals surface area (Å²) >= 11 is 8.32. The molecule has 0 unspecified atom stereocenters. The first kappa shape index (κ1) is 15.2. The van der Waals surface area contributed by atoms with Gasteiger partial charge in [0, 0.05) is 15.6 Å². The van der Waals surface area contributed by atoms with Crippen molar-refractivity contribution in [1.29, 1.82) is 0 Å². The van der Waals surface area contributed by atoms with Crippen LogP contribution in [0.2, 0.25) is 5.02 Å². The lowest BCUT2D eigenvalue weighted by Gasteiger charge is -2.06. The summed E-state index contributed by atoms with van der Waals surface area (Å²) in [7, 11) is 1.72. The molecule has 0 N–H and O–H groups in total. The second kappa shape index (κ2) is 6.22. The Labute approximate surface area is 146 Å². The van der Waals surface area contributed by atoms with E-state index in [4.69, 9.17) is 11.6 Å². The molecule has 110 valence electrons. The van der Waals surface area contributed by atoms with Gasteiger partial charge < -0.3 is 0 Å². The molecule has 22 heavy (non-hydrogen) atoms. The molecule has 3 aromatic rings. The van der Waals surface area contributed by atoms with Crippen LogP contribution in [0, 0.1) is 3.57 Å². The molecular weight excluding hydrogens is 411 g/mol. The van der Waals surface area contributed by atoms with Crippen molar-refractivity contribution in [2.75, 3.05) is 0 Å². The van der Waals surface area contributed by atoms with Crippen molar-refractivity contribution < 1.29 is 0 Å². The summed E-state index contributed by atoms with van der Waals surface area (Å²) in [5.74, 6) is 0.596. The largest absolute Gasteiger partial charge is 0.296 e. The van der Waals surface area contributed by atoms with E-state index in [0.717, 1.165) is 9.13 Å². The summed E-state index contributed by atoms with van der Waals surface area (Å²) in [4.78, 5) is 17.0. The molecule has 0 aliphatic carbocycles. The van der Waals surface area contributed by atoms with Crippen molar-refractivity contribution in [2.24, 2.45) is 7.05 Å². The molecule has 0 amide bonds. The van der Waals surface area contributed by atoms with Gasteiger partial charge in [-0.25, -0.2) is 4.98 Å². The van der Waals surface area contributed by atoms with Crippen LogP contribution in [0.5, 0.6) is 0 Å². The zero-order valence-electron chi connectivity index (χ0n) is 11.8. The van der Waals surface area contributed by atoms with Crippen molar-refractivity contribution in [1.82, 2.24) is 9.55 Å². The highest BCUT2D eigenvalue weighted by atomic mass is 127. The van der Waals surface area contributed by atoms with Gasteiger partial charge in [0.1, 0.15) is 5.82 Å². The first-order valence-electron chi connectivity index (χ1n) is 6.65. The molecule has 1 aromatic heterocycles. The molecule has 0 saturated heterocycles. The zero-order chi connectivity index (χ0) is 15.7. The molecule has 0 aliphatic heterocycles. The molecular formula is C17H12ClIN2O. The van der Waals surface area contributed by atoms with E-state index in [1.165, 1.54) is 0 Å². The topological polar surface area (TPSA) is 34.9 Å². The van der Waals surface area contributed by atoms with Gasteiger partial charge in [-0.1, -0.05) is 29.8 Å². The number of fused-ring (bicyclic) bond motifs is 1. The fraction of sp³-hybridized carbons (Fsp3) is 0.0588. The maximum atomic E-state index is 12.4. The minimum absolute atomic E-state index is 0.0534. The highest BCUT2D eigenvalue weighted by Crippen LogP contribution is 2.18. The maximum absolute atomic E-state index is 12.4. The Morgan fingerprint density at radius 2 is 1.95 bits per heavy atom. The number of benzene rings is 2. The van der Waals surface area contributed by atoms with Gasteiger partial charge in [-0.05, 0) is 64.6 Å². The number of halogens is 2. The number of hydrogen-bond donors (Lipinski definition) is 0. The third-order valence-electron chi connectivity index (χ3n) is 3.39. The minimum Gasteiger partial charge on any atom is -0.296 e. The average Bonchev–Trinajstić information content (AvgIpc) is 2.51. The molecule has 3 rings (SSSR count). The van der Waals surface area contributed by atoms with Crippen LogP contribution in [-0.4, -0.2) is 9.55 Å². The molecule has 0 spiro atoms. The molecule has 0 fully saturated rings. The van der Waals surface area contributed by atoms with Crippen molar-refractivity contribution in [3.8, 4) is 0 Å². The summed E-state index contributed by atoms with van der Waals surface area (Å²) in [5.41, 5.74) is 1.53. The van der Waals surface area contributed by atoms with Crippen LogP contribution >= 0.6 is 34.2 Å². The Morgan fingerprint density at radius 1 is 1.18 bits per heavy atom. The Balaban J connectivity index is 2.12. The van der Waals surface area contributed by atoms with Crippen LogP contribution in [-0.2, 0) is 7.05 Å². The lowest BCUT2D eigenvalue weighted by molar-refractivity contribution is 0.828. The Morgan fingerprint density at radius 3 is 2.73 bits per heavy atom. The van der Waals surface area contributed by atoms with Crippen LogP contribution in [0.4, 0.5) is 0 Å². The number of aromatic nitrogens is 2. The van der Waals surface area contributed by atoms with E-state index in [9.17, 15) is 4.79 Å². The van der Waals surface area contributed by atoms with Crippen molar-refractivity contribution in [3.63, 3.8) is 0 Å². The fourth-order valence-corrected chi connectivity index (χ4v) is 2.87. The average molecular weight is 423 g/mol. The van der Waals surface area contributed by atoms with E-state index < -0.39 is 0 Å². The summed E-state index contributed by atoms with van der Waals surface area (Å²) < 4.78 is 2.56. The van der Waals surface area contributed by atoms with Crippen molar-refractivity contribution in [2.45, 2.75) is 0 Å². The van der Waals surface area contributed by atoms with Gasteiger partial charge in [0.2, 0.25) is 0 Å². The second-order valence-electron chi connectivity index (χ2n) is 4.85. The van der Waals surface area contributed by atoms with E-state index in [1.54, 1.807) is 17.7 Å². The van der Waals surface area contributed by atoms with Gasteiger partial charge in [-0.2, -0.15) is 0 Å². The van der Waals surface area contributed by atoms with E-state index in [1.807, 2.05) is 48.5 Å².